The Balaban J connectivity index is 0.00000324. The number of esters is 1. The minimum atomic E-state index is -0.443. The Morgan fingerprint density at radius 3 is 2.42 bits per heavy atom. The molecule has 0 saturated heterocycles. The van der Waals surface area contributed by atoms with E-state index in [0.29, 0.717) is 6.61 Å². The van der Waals surface area contributed by atoms with Gasteiger partial charge in [0, 0.05) is 29.6 Å². The maximum atomic E-state index is 11.6. The number of hydrogen-bond donors (Lipinski definition) is 1. The van der Waals surface area contributed by atoms with Crippen LogP contribution in [-0.4, -0.2) is 47.2 Å². The van der Waals surface area contributed by atoms with Gasteiger partial charge in [-0.05, 0) is 18.6 Å². The topological polar surface area (TPSA) is 46.5 Å². The van der Waals surface area contributed by atoms with E-state index < -0.39 is 5.97 Å². The van der Waals surface area contributed by atoms with Crippen LogP contribution in [-0.2, 0) is 4.74 Å². The Labute approximate surface area is 137 Å². The van der Waals surface area contributed by atoms with E-state index in [2.05, 4.69) is 6.92 Å². The maximum absolute atomic E-state index is 11.6. The number of ether oxygens (including phenoxy) is 1. The third-order valence-electron chi connectivity index (χ3n) is 2.86. The van der Waals surface area contributed by atoms with Gasteiger partial charge >= 0.3 is 5.97 Å². The molecular formula is C15H22NaO3. The first-order valence-electron chi connectivity index (χ1n) is 6.70. The summed E-state index contributed by atoms with van der Waals surface area (Å²) in [5.41, 5.74) is 0.239. The van der Waals surface area contributed by atoms with E-state index in [1.165, 1.54) is 31.7 Å². The van der Waals surface area contributed by atoms with Crippen LogP contribution in [0.2, 0.25) is 0 Å². The molecule has 101 valence electrons. The molecule has 1 aromatic rings. The predicted octanol–water partition coefficient (Wildman–Crippen LogP) is 3.53. The number of hydrogen-bond acceptors (Lipinski definition) is 3. The van der Waals surface area contributed by atoms with Gasteiger partial charge in [-0.25, -0.2) is 4.79 Å². The molecule has 0 bridgehead atoms. The first kappa shape index (κ1) is 18.5. The standard InChI is InChI=1S/C15H22O3.Na/c1-2-3-4-5-6-9-12-18-15(17)13-10-7-8-11-14(13)16;/h7-8,10-11,16H,2-6,9,12H2,1H3;. The van der Waals surface area contributed by atoms with E-state index in [4.69, 9.17) is 4.74 Å². The zero-order valence-corrected chi connectivity index (χ0v) is 14.0. The summed E-state index contributed by atoms with van der Waals surface area (Å²) in [6.07, 6.45) is 6.95. The third kappa shape index (κ3) is 7.61. The average molecular weight is 273 g/mol. The first-order chi connectivity index (χ1) is 8.75. The van der Waals surface area contributed by atoms with Crippen molar-refractivity contribution < 1.29 is 14.6 Å². The van der Waals surface area contributed by atoms with Gasteiger partial charge < -0.3 is 9.84 Å². The first-order valence-corrected chi connectivity index (χ1v) is 6.70. The van der Waals surface area contributed by atoms with Crippen molar-refractivity contribution in [3.05, 3.63) is 29.8 Å². The molecule has 0 aliphatic carbocycles. The summed E-state index contributed by atoms with van der Waals surface area (Å²) < 4.78 is 5.12. The van der Waals surface area contributed by atoms with Crippen LogP contribution in [0.3, 0.4) is 0 Å². The molecule has 0 aliphatic heterocycles. The number of unbranched alkanes of at least 4 members (excludes halogenated alkanes) is 5. The molecule has 1 rings (SSSR count). The summed E-state index contributed by atoms with van der Waals surface area (Å²) in [7, 11) is 0. The van der Waals surface area contributed by atoms with E-state index in [1.807, 2.05) is 0 Å². The van der Waals surface area contributed by atoms with Gasteiger partial charge in [-0.1, -0.05) is 51.2 Å². The smallest absolute Gasteiger partial charge is 0.341 e. The summed E-state index contributed by atoms with van der Waals surface area (Å²) >= 11 is 0. The molecule has 1 aromatic carbocycles. The Morgan fingerprint density at radius 2 is 1.74 bits per heavy atom. The number of phenolic OH excluding ortho intramolecular Hbond substituents is 1. The molecular weight excluding hydrogens is 251 g/mol. The maximum Gasteiger partial charge on any atom is 0.341 e. The molecule has 0 unspecified atom stereocenters. The van der Waals surface area contributed by atoms with Gasteiger partial charge in [-0.15, -0.1) is 0 Å². The summed E-state index contributed by atoms with van der Waals surface area (Å²) in [5, 5.41) is 9.48. The number of rotatable bonds is 8. The zero-order valence-electron chi connectivity index (χ0n) is 12.0. The van der Waals surface area contributed by atoms with Crippen LogP contribution in [0.15, 0.2) is 24.3 Å². The molecule has 3 nitrogen and oxygen atoms in total. The molecule has 0 aromatic heterocycles. The van der Waals surface area contributed by atoms with E-state index in [-0.39, 0.29) is 40.9 Å². The van der Waals surface area contributed by atoms with E-state index in [0.717, 1.165) is 12.8 Å². The van der Waals surface area contributed by atoms with Crippen LogP contribution < -0.4 is 0 Å². The van der Waals surface area contributed by atoms with Crippen LogP contribution in [0.25, 0.3) is 0 Å². The SMILES string of the molecule is CCCCCCCCOC(=O)c1ccccc1O.[Na]. The molecule has 0 saturated carbocycles. The minimum absolute atomic E-state index is 0. The summed E-state index contributed by atoms with van der Waals surface area (Å²) in [6.45, 7) is 2.62. The van der Waals surface area contributed by atoms with Crippen molar-refractivity contribution >= 4 is 35.5 Å². The Morgan fingerprint density at radius 1 is 1.11 bits per heavy atom. The van der Waals surface area contributed by atoms with Crippen molar-refractivity contribution in [2.24, 2.45) is 0 Å². The molecule has 4 heteroatoms. The van der Waals surface area contributed by atoms with Gasteiger partial charge in [0.05, 0.1) is 6.61 Å². The number of phenols is 1. The van der Waals surface area contributed by atoms with Crippen molar-refractivity contribution in [1.29, 1.82) is 0 Å². The van der Waals surface area contributed by atoms with Crippen LogP contribution >= 0.6 is 0 Å². The molecule has 0 fully saturated rings. The monoisotopic (exact) mass is 273 g/mol. The molecule has 0 amide bonds. The van der Waals surface area contributed by atoms with Crippen LogP contribution in [0, 0.1) is 0 Å². The van der Waals surface area contributed by atoms with Crippen LogP contribution in [0.5, 0.6) is 5.75 Å². The second kappa shape index (κ2) is 11.3. The van der Waals surface area contributed by atoms with E-state index in [9.17, 15) is 9.90 Å². The average Bonchev–Trinajstić information content (AvgIpc) is 2.38. The number of carbonyl (C=O) groups excluding carboxylic acids is 1. The van der Waals surface area contributed by atoms with Gasteiger partial charge in [-0.3, -0.25) is 0 Å². The second-order valence-electron chi connectivity index (χ2n) is 4.42. The van der Waals surface area contributed by atoms with Crippen LogP contribution in [0.1, 0.15) is 55.8 Å². The molecule has 19 heavy (non-hydrogen) atoms. The largest absolute Gasteiger partial charge is 0.507 e. The minimum Gasteiger partial charge on any atom is -0.507 e. The number of carbonyl (C=O) groups is 1. The fourth-order valence-corrected chi connectivity index (χ4v) is 1.77. The van der Waals surface area contributed by atoms with Gasteiger partial charge in [0.2, 0.25) is 0 Å². The third-order valence-corrected chi connectivity index (χ3v) is 2.86. The second-order valence-corrected chi connectivity index (χ2v) is 4.42. The van der Waals surface area contributed by atoms with Crippen molar-refractivity contribution in [3.8, 4) is 5.75 Å². The van der Waals surface area contributed by atoms with E-state index in [1.54, 1.807) is 18.2 Å². The predicted molar refractivity (Wildman–Crippen MR) is 77.5 cm³/mol. The van der Waals surface area contributed by atoms with Crippen molar-refractivity contribution in [2.45, 2.75) is 45.4 Å². The van der Waals surface area contributed by atoms with Gasteiger partial charge in [0.25, 0.3) is 0 Å². The Bertz CT molecular complexity index is 366. The van der Waals surface area contributed by atoms with Gasteiger partial charge in [0.15, 0.2) is 0 Å². The molecule has 0 atom stereocenters. The molecule has 0 heterocycles. The molecule has 1 N–H and O–H groups in total. The number of para-hydroxylation sites is 1. The molecule has 0 aliphatic rings. The van der Waals surface area contributed by atoms with Gasteiger partial charge in [-0.2, -0.15) is 0 Å². The van der Waals surface area contributed by atoms with Crippen molar-refractivity contribution in [1.82, 2.24) is 0 Å². The summed E-state index contributed by atoms with van der Waals surface area (Å²) in [5.74, 6) is -0.466. The summed E-state index contributed by atoms with van der Waals surface area (Å²) in [6, 6.07) is 6.45. The number of aromatic hydroxyl groups is 1. The normalized spacial score (nSPS) is 9.74. The van der Waals surface area contributed by atoms with Crippen molar-refractivity contribution in [3.63, 3.8) is 0 Å². The van der Waals surface area contributed by atoms with Gasteiger partial charge in [0.1, 0.15) is 11.3 Å². The van der Waals surface area contributed by atoms with Crippen molar-refractivity contribution in [2.75, 3.05) is 6.61 Å². The molecule has 1 radical (unpaired) electrons. The number of benzene rings is 1. The van der Waals surface area contributed by atoms with Crippen LogP contribution in [0.4, 0.5) is 0 Å². The molecule has 0 spiro atoms. The Hall–Kier alpha value is -0.510. The zero-order chi connectivity index (χ0) is 13.2. The fourth-order valence-electron chi connectivity index (χ4n) is 1.77. The van der Waals surface area contributed by atoms with E-state index >= 15 is 0 Å². The fraction of sp³-hybridized carbons (Fsp3) is 0.533. The quantitative estimate of drug-likeness (QED) is 0.448. The summed E-state index contributed by atoms with van der Waals surface area (Å²) in [4.78, 5) is 11.6. The Kier molecular flexibility index (Phi) is 11.0.